The number of nitrogen functional groups attached to an aromatic ring is 1. The Morgan fingerprint density at radius 3 is 1.67 bits per heavy atom. The number of para-hydroxylation sites is 2. The van der Waals surface area contributed by atoms with Crippen molar-refractivity contribution in [2.24, 2.45) is 0 Å². The predicted molar refractivity (Wildman–Crippen MR) is 144 cm³/mol. The highest BCUT2D eigenvalue weighted by atomic mass is 16.6. The fourth-order valence-corrected chi connectivity index (χ4v) is 4.00. The number of rotatable bonds is 3. The van der Waals surface area contributed by atoms with E-state index in [0.29, 0.717) is 16.9 Å². The van der Waals surface area contributed by atoms with Crippen molar-refractivity contribution in [2.75, 3.05) is 5.73 Å². The molecular weight excluding hydrogens is 452 g/mol. The lowest BCUT2D eigenvalue weighted by Gasteiger charge is -2.01. The first-order chi connectivity index (χ1) is 17.4. The first-order valence-electron chi connectivity index (χ1n) is 11.5. The normalized spacial score (nSPS) is 10.8. The van der Waals surface area contributed by atoms with Gasteiger partial charge in [-0.3, -0.25) is 10.1 Å². The van der Waals surface area contributed by atoms with Crippen molar-refractivity contribution < 1.29 is 13.8 Å². The minimum absolute atomic E-state index is 0.109. The van der Waals surface area contributed by atoms with Crippen LogP contribution in [0.5, 0.6) is 0 Å². The van der Waals surface area contributed by atoms with Gasteiger partial charge in [-0.1, -0.05) is 60.7 Å². The molecule has 0 spiro atoms. The van der Waals surface area contributed by atoms with E-state index in [4.69, 9.17) is 14.6 Å². The average molecular weight is 477 g/mol. The van der Waals surface area contributed by atoms with Gasteiger partial charge in [0.1, 0.15) is 22.7 Å². The van der Waals surface area contributed by atoms with Crippen molar-refractivity contribution >= 4 is 33.3 Å². The summed E-state index contributed by atoms with van der Waals surface area (Å²) in [6.07, 6.45) is 0. The minimum Gasteiger partial charge on any atom is -0.456 e. The molecular formula is C30H24N2O4. The number of nitrogens with two attached hydrogens (primary N) is 1. The van der Waals surface area contributed by atoms with Gasteiger partial charge in [-0.05, 0) is 49.7 Å². The number of furan rings is 2. The molecule has 0 saturated carbocycles. The molecule has 4 aromatic carbocycles. The van der Waals surface area contributed by atoms with Gasteiger partial charge in [0.05, 0.1) is 4.92 Å². The Morgan fingerprint density at radius 1 is 0.667 bits per heavy atom. The van der Waals surface area contributed by atoms with Crippen LogP contribution in [0.15, 0.2) is 106 Å². The van der Waals surface area contributed by atoms with E-state index in [-0.39, 0.29) is 10.6 Å². The number of nitrogens with zero attached hydrogens (tertiary/aromatic N) is 1. The zero-order valence-corrected chi connectivity index (χ0v) is 19.9. The molecule has 2 heterocycles. The van der Waals surface area contributed by atoms with Crippen LogP contribution in [-0.4, -0.2) is 4.92 Å². The Hall–Kier alpha value is -4.84. The Labute approximate surface area is 207 Å². The lowest BCUT2D eigenvalue weighted by Crippen LogP contribution is -1.91. The molecule has 0 fully saturated rings. The van der Waals surface area contributed by atoms with Crippen LogP contribution < -0.4 is 5.73 Å². The Morgan fingerprint density at radius 2 is 1.17 bits per heavy atom. The van der Waals surface area contributed by atoms with Gasteiger partial charge in [0.2, 0.25) is 0 Å². The maximum atomic E-state index is 11.0. The van der Waals surface area contributed by atoms with Crippen LogP contribution in [0.3, 0.4) is 0 Å². The highest BCUT2D eigenvalue weighted by Gasteiger charge is 2.14. The smallest absolute Gasteiger partial charge is 0.273 e. The summed E-state index contributed by atoms with van der Waals surface area (Å²) in [5.74, 6) is 1.50. The van der Waals surface area contributed by atoms with Gasteiger partial charge in [-0.25, -0.2) is 0 Å². The SMILES string of the molecule is Cc1ccc(-c2cc3ccccc3o2)cc1N.Cc1ccc(-c2cc3ccccc3o2)cc1[N+](=O)[O-]. The molecule has 0 bridgehead atoms. The van der Waals surface area contributed by atoms with Crippen molar-refractivity contribution in [3.8, 4) is 22.6 Å². The second-order valence-corrected chi connectivity index (χ2v) is 8.63. The van der Waals surface area contributed by atoms with E-state index in [9.17, 15) is 10.1 Å². The highest BCUT2D eigenvalue weighted by Crippen LogP contribution is 2.31. The quantitative estimate of drug-likeness (QED) is 0.157. The summed E-state index contributed by atoms with van der Waals surface area (Å²) in [6.45, 7) is 3.72. The first-order valence-corrected chi connectivity index (χ1v) is 11.5. The Kier molecular flexibility index (Phi) is 6.00. The molecule has 0 radical (unpaired) electrons. The third-order valence-corrected chi connectivity index (χ3v) is 6.11. The number of hydrogen-bond acceptors (Lipinski definition) is 5. The number of nitro groups is 1. The topological polar surface area (TPSA) is 95.4 Å². The average Bonchev–Trinajstić information content (AvgIpc) is 3.51. The molecule has 0 aliphatic carbocycles. The van der Waals surface area contributed by atoms with Crippen LogP contribution in [-0.2, 0) is 0 Å². The van der Waals surface area contributed by atoms with Gasteiger partial charge in [0.25, 0.3) is 5.69 Å². The number of hydrogen-bond donors (Lipinski definition) is 1. The third-order valence-electron chi connectivity index (χ3n) is 6.11. The summed E-state index contributed by atoms with van der Waals surface area (Å²) in [4.78, 5) is 10.6. The van der Waals surface area contributed by atoms with Crippen LogP contribution >= 0.6 is 0 Å². The number of benzene rings is 4. The van der Waals surface area contributed by atoms with E-state index >= 15 is 0 Å². The van der Waals surface area contributed by atoms with Gasteiger partial charge in [0.15, 0.2) is 0 Å². The fraction of sp³-hybridized carbons (Fsp3) is 0.0667. The molecule has 2 N–H and O–H groups in total. The maximum Gasteiger partial charge on any atom is 0.273 e. The molecule has 0 atom stereocenters. The summed E-state index contributed by atoms with van der Waals surface area (Å²) in [7, 11) is 0. The summed E-state index contributed by atoms with van der Waals surface area (Å²) in [6, 6.07) is 30.7. The first kappa shape index (κ1) is 22.9. The van der Waals surface area contributed by atoms with E-state index in [1.807, 2.05) is 91.9 Å². The van der Waals surface area contributed by atoms with E-state index in [1.165, 1.54) is 0 Å². The predicted octanol–water partition coefficient (Wildman–Crippen LogP) is 8.31. The van der Waals surface area contributed by atoms with Crippen molar-refractivity contribution in [1.29, 1.82) is 0 Å². The van der Waals surface area contributed by atoms with E-state index in [2.05, 4.69) is 0 Å². The molecule has 0 aliphatic rings. The third kappa shape index (κ3) is 4.57. The van der Waals surface area contributed by atoms with E-state index < -0.39 is 0 Å². The lowest BCUT2D eigenvalue weighted by molar-refractivity contribution is -0.385. The maximum absolute atomic E-state index is 11.0. The second-order valence-electron chi connectivity index (χ2n) is 8.63. The van der Waals surface area contributed by atoms with Gasteiger partial charge in [-0.2, -0.15) is 0 Å². The summed E-state index contributed by atoms with van der Waals surface area (Å²) in [5, 5.41) is 13.1. The summed E-state index contributed by atoms with van der Waals surface area (Å²) in [5.41, 5.74) is 12.0. The van der Waals surface area contributed by atoms with Gasteiger partial charge in [-0.15, -0.1) is 0 Å². The molecule has 6 heteroatoms. The van der Waals surface area contributed by atoms with Crippen LogP contribution in [0.1, 0.15) is 11.1 Å². The second kappa shape index (κ2) is 9.43. The van der Waals surface area contributed by atoms with Gasteiger partial charge < -0.3 is 14.6 Å². The molecule has 6 rings (SSSR count). The summed E-state index contributed by atoms with van der Waals surface area (Å²) < 4.78 is 11.5. The molecule has 2 aromatic heterocycles. The van der Waals surface area contributed by atoms with Crippen molar-refractivity contribution in [3.63, 3.8) is 0 Å². The molecule has 0 saturated heterocycles. The fourth-order valence-electron chi connectivity index (χ4n) is 4.00. The van der Waals surface area contributed by atoms with Gasteiger partial charge >= 0.3 is 0 Å². The standard InChI is InChI=1S/C15H11NO3.C15H13NO/c1-10-6-7-12(8-13(10)16(17)18)15-9-11-4-2-3-5-14(11)19-15;1-10-6-7-12(8-13(10)16)15-9-11-4-2-3-5-14(11)17-15/h2-9H,1H3;2-9H,16H2,1H3. The van der Waals surface area contributed by atoms with E-state index in [0.717, 1.165) is 44.5 Å². The number of anilines is 1. The monoisotopic (exact) mass is 476 g/mol. The molecule has 6 aromatic rings. The zero-order chi connectivity index (χ0) is 25.2. The van der Waals surface area contributed by atoms with Crippen LogP contribution in [0.2, 0.25) is 0 Å². The van der Waals surface area contributed by atoms with E-state index in [1.54, 1.807) is 19.1 Å². The molecule has 36 heavy (non-hydrogen) atoms. The lowest BCUT2D eigenvalue weighted by atomic mass is 10.1. The van der Waals surface area contributed by atoms with Crippen molar-refractivity contribution in [1.82, 2.24) is 0 Å². The van der Waals surface area contributed by atoms with Gasteiger partial charge in [0, 0.05) is 39.2 Å². The van der Waals surface area contributed by atoms with Crippen molar-refractivity contribution in [3.05, 3.63) is 118 Å². The minimum atomic E-state index is -0.374. The largest absolute Gasteiger partial charge is 0.456 e. The number of fused-ring (bicyclic) bond motifs is 2. The molecule has 0 unspecified atom stereocenters. The highest BCUT2D eigenvalue weighted by molar-refractivity contribution is 5.84. The molecule has 0 amide bonds. The number of aryl methyl sites for hydroxylation is 2. The number of nitro benzene ring substituents is 1. The molecule has 0 aliphatic heterocycles. The van der Waals surface area contributed by atoms with Crippen molar-refractivity contribution in [2.45, 2.75) is 13.8 Å². The van der Waals surface area contributed by atoms with Crippen LogP contribution in [0.25, 0.3) is 44.6 Å². The molecule has 6 nitrogen and oxygen atoms in total. The molecule has 178 valence electrons. The van der Waals surface area contributed by atoms with Crippen LogP contribution in [0.4, 0.5) is 11.4 Å². The zero-order valence-electron chi connectivity index (χ0n) is 19.9. The van der Waals surface area contributed by atoms with Crippen LogP contribution in [0, 0.1) is 24.0 Å². The summed E-state index contributed by atoms with van der Waals surface area (Å²) >= 11 is 0. The Balaban J connectivity index is 0.000000149. The Bertz CT molecular complexity index is 1650.